The van der Waals surface area contributed by atoms with Crippen molar-refractivity contribution in [2.45, 2.75) is 76.4 Å². The van der Waals surface area contributed by atoms with Gasteiger partial charge in [-0.1, -0.05) is 12.8 Å². The highest BCUT2D eigenvalue weighted by atomic mass is 16.8. The lowest BCUT2D eigenvalue weighted by Gasteiger charge is -2.19. The Morgan fingerprint density at radius 2 is 1.33 bits per heavy atom. The van der Waals surface area contributed by atoms with Crippen molar-refractivity contribution in [3.8, 4) is 0 Å². The molecule has 0 unspecified atom stereocenters. The zero-order chi connectivity index (χ0) is 10.5. The first-order chi connectivity index (χ1) is 7.36. The largest absolute Gasteiger partial charge is 0.257 e. The minimum Gasteiger partial charge on any atom is -0.229 e. The molecule has 0 aliphatic heterocycles. The molecule has 86 valence electrons. The molecule has 2 aliphatic carbocycles. The monoisotopic (exact) mass is 212 g/mol. The lowest BCUT2D eigenvalue weighted by Crippen LogP contribution is -2.31. The Morgan fingerprint density at radius 3 is 1.93 bits per heavy atom. The second-order valence-electron chi connectivity index (χ2n) is 4.94. The molecule has 0 atom stereocenters. The Labute approximate surface area is 91.7 Å². The average Bonchev–Trinajstić information content (AvgIpc) is 2.31. The van der Waals surface area contributed by atoms with Crippen LogP contribution in [0.15, 0.2) is 0 Å². The topological polar surface area (TPSA) is 29.3 Å². The van der Waals surface area contributed by atoms with Gasteiger partial charge in [0.15, 0.2) is 6.10 Å². The first-order valence-corrected chi connectivity index (χ1v) is 6.49. The molecule has 2 fully saturated rings. The highest BCUT2D eigenvalue weighted by Gasteiger charge is 2.32. The molecule has 0 bridgehead atoms. The van der Waals surface area contributed by atoms with Crippen LogP contribution in [0.4, 0.5) is 0 Å². The van der Waals surface area contributed by atoms with Crippen LogP contribution >= 0.6 is 0 Å². The third kappa shape index (κ3) is 3.18. The predicted octanol–water partition coefficient (Wildman–Crippen LogP) is 3.36. The second kappa shape index (κ2) is 5.47. The van der Waals surface area contributed by atoms with Crippen molar-refractivity contribution in [2.24, 2.45) is 0 Å². The fourth-order valence-electron chi connectivity index (χ4n) is 2.70. The fraction of sp³-hybridized carbons (Fsp3) is 1.00. The van der Waals surface area contributed by atoms with E-state index in [-0.39, 0.29) is 12.1 Å². The molecule has 0 spiro atoms. The quantitative estimate of drug-likeness (QED) is 0.671. The second-order valence-corrected chi connectivity index (χ2v) is 4.94. The van der Waals surface area contributed by atoms with Crippen LogP contribution in [0.1, 0.15) is 64.2 Å². The molecule has 3 heteroatoms. The van der Waals surface area contributed by atoms with Crippen LogP contribution < -0.4 is 0 Å². The first kappa shape index (κ1) is 10.9. The number of nitrogens with zero attached hydrogens (tertiary/aromatic N) is 1. The lowest BCUT2D eigenvalue weighted by molar-refractivity contribution is -0.837. The summed E-state index contributed by atoms with van der Waals surface area (Å²) in [5, 5.41) is 0. The minimum atomic E-state index is 0.140. The van der Waals surface area contributed by atoms with Gasteiger partial charge in [-0.15, -0.1) is 0 Å². The van der Waals surface area contributed by atoms with Crippen LogP contribution in [0.3, 0.4) is 0 Å². The summed E-state index contributed by atoms with van der Waals surface area (Å²) in [6.45, 7) is 0. The van der Waals surface area contributed by atoms with Crippen LogP contribution in [0.25, 0.3) is 0 Å². The van der Waals surface area contributed by atoms with Gasteiger partial charge in [-0.3, -0.25) is 0 Å². The van der Waals surface area contributed by atoms with Crippen molar-refractivity contribution in [1.82, 2.24) is 0 Å². The van der Waals surface area contributed by atoms with Crippen molar-refractivity contribution < 1.29 is 9.76 Å². The molecule has 2 aliphatic rings. The maximum atomic E-state index is 11.8. The summed E-state index contributed by atoms with van der Waals surface area (Å²) in [6.07, 6.45) is 11.8. The minimum absolute atomic E-state index is 0.140. The smallest absolute Gasteiger partial charge is 0.229 e. The number of hydrogen-bond donors (Lipinski definition) is 0. The maximum Gasteiger partial charge on any atom is 0.257 e. The molecule has 0 aromatic heterocycles. The van der Waals surface area contributed by atoms with Gasteiger partial charge >= 0.3 is 0 Å². The molecule has 3 nitrogen and oxygen atoms in total. The Hall–Kier alpha value is -0.600. The third-order valence-corrected chi connectivity index (χ3v) is 3.68. The number of rotatable bonds is 3. The molecule has 2 rings (SSSR count). The lowest BCUT2D eigenvalue weighted by atomic mass is 9.96. The standard InChI is InChI=1S/C12H22NO2/c14-13(11-7-3-1-4-8-11)15-12-9-5-2-6-10-12/h11-12H,1-10H2/q+1. The third-order valence-electron chi connectivity index (χ3n) is 3.68. The van der Waals surface area contributed by atoms with Gasteiger partial charge in [0.25, 0.3) is 6.04 Å². The molecular weight excluding hydrogens is 190 g/mol. The van der Waals surface area contributed by atoms with Gasteiger partial charge in [0.2, 0.25) is 4.92 Å². The highest BCUT2D eigenvalue weighted by molar-refractivity contribution is 4.65. The molecule has 0 amide bonds. The van der Waals surface area contributed by atoms with E-state index in [1.807, 2.05) is 0 Å². The molecular formula is C12H22NO2+. The van der Waals surface area contributed by atoms with Gasteiger partial charge in [0.05, 0.1) is 4.91 Å². The van der Waals surface area contributed by atoms with Gasteiger partial charge in [-0.05, 0) is 38.5 Å². The van der Waals surface area contributed by atoms with Gasteiger partial charge in [-0.2, -0.15) is 0 Å². The summed E-state index contributed by atoms with van der Waals surface area (Å²) < 4.78 is 0. The summed E-state index contributed by atoms with van der Waals surface area (Å²) in [4.78, 5) is 18.2. The molecule has 15 heavy (non-hydrogen) atoms. The van der Waals surface area contributed by atoms with E-state index in [0.717, 1.165) is 30.6 Å². The molecule has 0 aromatic rings. The van der Waals surface area contributed by atoms with E-state index < -0.39 is 0 Å². The van der Waals surface area contributed by atoms with Crippen molar-refractivity contribution in [3.05, 3.63) is 4.91 Å². The van der Waals surface area contributed by atoms with Gasteiger partial charge < -0.3 is 0 Å². The molecule has 0 N–H and O–H groups in total. The van der Waals surface area contributed by atoms with Crippen molar-refractivity contribution in [2.75, 3.05) is 0 Å². The van der Waals surface area contributed by atoms with Crippen LogP contribution in [-0.4, -0.2) is 17.1 Å². The summed E-state index contributed by atoms with van der Waals surface area (Å²) in [5.74, 6) is 0. The van der Waals surface area contributed by atoms with E-state index in [0.29, 0.717) is 0 Å². The molecule has 0 heterocycles. The summed E-state index contributed by atoms with van der Waals surface area (Å²) in [7, 11) is 0. The van der Waals surface area contributed by atoms with Gasteiger partial charge in [0.1, 0.15) is 0 Å². The van der Waals surface area contributed by atoms with Crippen LogP contribution in [0.5, 0.6) is 0 Å². The normalized spacial score (nSPS) is 25.1. The number of hydrogen-bond acceptors (Lipinski definition) is 2. The van der Waals surface area contributed by atoms with Crippen molar-refractivity contribution in [1.29, 1.82) is 0 Å². The molecule has 0 aromatic carbocycles. The van der Waals surface area contributed by atoms with E-state index >= 15 is 0 Å². The SMILES string of the molecule is O=[N+](OC1CCCCC1)C1CCCCC1. The van der Waals surface area contributed by atoms with Gasteiger partial charge in [0, 0.05) is 12.8 Å². The maximum absolute atomic E-state index is 11.8. The Balaban J connectivity index is 1.74. The molecule has 0 saturated heterocycles. The molecule has 0 radical (unpaired) electrons. The zero-order valence-electron chi connectivity index (χ0n) is 9.49. The Bertz CT molecular complexity index is 206. The zero-order valence-corrected chi connectivity index (χ0v) is 9.49. The van der Waals surface area contributed by atoms with Crippen molar-refractivity contribution >= 4 is 0 Å². The van der Waals surface area contributed by atoms with E-state index in [2.05, 4.69) is 0 Å². The van der Waals surface area contributed by atoms with E-state index in [1.54, 1.807) is 0 Å². The molecule has 2 saturated carbocycles. The first-order valence-electron chi connectivity index (χ1n) is 6.49. The highest BCUT2D eigenvalue weighted by Crippen LogP contribution is 2.24. The summed E-state index contributed by atoms with van der Waals surface area (Å²) >= 11 is 0. The van der Waals surface area contributed by atoms with Gasteiger partial charge in [-0.25, -0.2) is 4.84 Å². The Kier molecular flexibility index (Phi) is 3.98. The summed E-state index contributed by atoms with van der Waals surface area (Å²) in [6, 6.07) is 0.140. The summed E-state index contributed by atoms with van der Waals surface area (Å²) in [5.41, 5.74) is 0. The van der Waals surface area contributed by atoms with E-state index in [9.17, 15) is 4.91 Å². The predicted molar refractivity (Wildman–Crippen MR) is 58.5 cm³/mol. The van der Waals surface area contributed by atoms with Crippen LogP contribution in [-0.2, 0) is 4.84 Å². The van der Waals surface area contributed by atoms with E-state index in [1.165, 1.54) is 38.5 Å². The fourth-order valence-corrected chi connectivity index (χ4v) is 2.70. The van der Waals surface area contributed by atoms with Crippen LogP contribution in [0, 0.1) is 4.91 Å². The van der Waals surface area contributed by atoms with Crippen molar-refractivity contribution in [3.63, 3.8) is 0 Å². The average molecular weight is 212 g/mol. The Morgan fingerprint density at radius 1 is 0.800 bits per heavy atom. The van der Waals surface area contributed by atoms with E-state index in [4.69, 9.17) is 4.84 Å². The van der Waals surface area contributed by atoms with Crippen LogP contribution in [0.2, 0.25) is 0 Å².